The Morgan fingerprint density at radius 3 is 1.73 bits per heavy atom. The third-order valence-electron chi connectivity index (χ3n) is 3.09. The predicted octanol–water partition coefficient (Wildman–Crippen LogP) is 6.83. The lowest BCUT2D eigenvalue weighted by atomic mass is 10.3. The third kappa shape index (κ3) is 5.44. The van der Waals surface area contributed by atoms with E-state index in [2.05, 4.69) is 26.0 Å². The lowest BCUT2D eigenvalue weighted by Crippen LogP contribution is -1.93. The first-order valence-electron chi connectivity index (χ1n) is 7.74. The summed E-state index contributed by atoms with van der Waals surface area (Å²) in [6.45, 7) is 4.41. The minimum atomic E-state index is 0.180. The summed E-state index contributed by atoms with van der Waals surface area (Å²) in [6, 6.07) is 8.13. The Kier molecular flexibility index (Phi) is 8.08. The maximum absolute atomic E-state index is 12.5. The number of thiophene rings is 2. The van der Waals surface area contributed by atoms with Gasteiger partial charge in [-0.15, -0.1) is 46.2 Å². The maximum atomic E-state index is 12.5. The Hall–Kier alpha value is -0.230. The summed E-state index contributed by atoms with van der Waals surface area (Å²) < 4.78 is 2.51. The third-order valence-corrected chi connectivity index (χ3v) is 7.89. The smallest absolute Gasteiger partial charge is 0.212 e. The Balaban J connectivity index is 1.93. The SMILES string of the molecule is CCCCSc1ccc(C(=O)c2ccc(SCCCC)s2)s1. The van der Waals surface area contributed by atoms with Crippen LogP contribution in [0.25, 0.3) is 0 Å². The van der Waals surface area contributed by atoms with E-state index in [9.17, 15) is 4.79 Å². The lowest BCUT2D eigenvalue weighted by molar-refractivity contribution is 0.104. The Bertz CT molecular complexity index is 535. The summed E-state index contributed by atoms with van der Waals surface area (Å²) in [7, 11) is 0. The molecule has 0 aliphatic heterocycles. The van der Waals surface area contributed by atoms with Gasteiger partial charge in [0.15, 0.2) is 0 Å². The molecule has 2 rings (SSSR count). The molecule has 0 amide bonds. The van der Waals surface area contributed by atoms with Crippen LogP contribution in [0.1, 0.15) is 54.1 Å². The molecule has 1 nitrogen and oxygen atoms in total. The molecule has 0 saturated carbocycles. The van der Waals surface area contributed by atoms with Crippen LogP contribution in [0.2, 0.25) is 0 Å². The van der Waals surface area contributed by atoms with Crippen molar-refractivity contribution in [3.63, 3.8) is 0 Å². The molecule has 2 aromatic rings. The van der Waals surface area contributed by atoms with Gasteiger partial charge in [0.05, 0.1) is 18.2 Å². The van der Waals surface area contributed by atoms with Crippen LogP contribution in [0, 0.1) is 0 Å². The van der Waals surface area contributed by atoms with E-state index >= 15 is 0 Å². The number of hydrogen-bond acceptors (Lipinski definition) is 5. The van der Waals surface area contributed by atoms with Crippen molar-refractivity contribution in [2.24, 2.45) is 0 Å². The number of carbonyl (C=O) groups is 1. The number of rotatable bonds is 10. The molecule has 0 aliphatic carbocycles. The first-order chi connectivity index (χ1) is 10.7. The predicted molar refractivity (Wildman–Crippen MR) is 103 cm³/mol. The van der Waals surface area contributed by atoms with Crippen LogP contribution in [-0.4, -0.2) is 17.3 Å². The van der Waals surface area contributed by atoms with Gasteiger partial charge in [-0.05, 0) is 48.6 Å². The zero-order valence-corrected chi connectivity index (χ0v) is 16.4. The van der Waals surface area contributed by atoms with Crippen molar-refractivity contribution in [2.45, 2.75) is 47.9 Å². The van der Waals surface area contributed by atoms with Crippen molar-refractivity contribution in [3.05, 3.63) is 34.0 Å². The van der Waals surface area contributed by atoms with Gasteiger partial charge < -0.3 is 0 Å². The van der Waals surface area contributed by atoms with Crippen LogP contribution in [-0.2, 0) is 0 Å². The fourth-order valence-corrected chi connectivity index (χ4v) is 6.35. The second kappa shape index (κ2) is 9.81. The molecular formula is C17H22OS4. The minimum absolute atomic E-state index is 0.180. The molecule has 5 heteroatoms. The van der Waals surface area contributed by atoms with Gasteiger partial charge >= 0.3 is 0 Å². The summed E-state index contributed by atoms with van der Waals surface area (Å²) in [5.74, 6) is 2.46. The fourth-order valence-electron chi connectivity index (χ4n) is 1.80. The van der Waals surface area contributed by atoms with E-state index in [1.807, 2.05) is 35.7 Å². The number of unbranched alkanes of at least 4 members (excludes halogenated alkanes) is 2. The van der Waals surface area contributed by atoms with E-state index in [1.54, 1.807) is 22.7 Å². The second-order valence-corrected chi connectivity index (χ2v) is 9.93. The van der Waals surface area contributed by atoms with Crippen LogP contribution >= 0.6 is 46.2 Å². The molecule has 0 unspecified atom stereocenters. The molecule has 0 bridgehead atoms. The van der Waals surface area contributed by atoms with Gasteiger partial charge in [-0.2, -0.15) is 0 Å². The van der Waals surface area contributed by atoms with Crippen molar-refractivity contribution in [3.8, 4) is 0 Å². The molecule has 0 aliphatic rings. The average molecular weight is 371 g/mol. The molecule has 2 aromatic heterocycles. The van der Waals surface area contributed by atoms with Crippen LogP contribution in [0.5, 0.6) is 0 Å². The molecule has 0 saturated heterocycles. The van der Waals surface area contributed by atoms with Crippen molar-refractivity contribution in [1.29, 1.82) is 0 Å². The highest BCUT2D eigenvalue weighted by molar-refractivity contribution is 8.01. The highest BCUT2D eigenvalue weighted by atomic mass is 32.2. The number of ketones is 1. The number of carbonyl (C=O) groups excluding carboxylic acids is 1. The van der Waals surface area contributed by atoms with Crippen molar-refractivity contribution in [2.75, 3.05) is 11.5 Å². The highest BCUT2D eigenvalue weighted by Crippen LogP contribution is 2.33. The van der Waals surface area contributed by atoms with E-state index in [1.165, 1.54) is 34.1 Å². The zero-order valence-electron chi connectivity index (χ0n) is 13.1. The van der Waals surface area contributed by atoms with Gasteiger partial charge in [-0.3, -0.25) is 4.79 Å². The summed E-state index contributed by atoms with van der Waals surface area (Å²) >= 11 is 6.99. The van der Waals surface area contributed by atoms with Gasteiger partial charge in [0.1, 0.15) is 0 Å². The minimum Gasteiger partial charge on any atom is -0.287 e. The Labute approximate surface area is 149 Å². The monoisotopic (exact) mass is 370 g/mol. The van der Waals surface area contributed by atoms with E-state index in [0.29, 0.717) is 0 Å². The summed E-state index contributed by atoms with van der Waals surface area (Å²) in [6.07, 6.45) is 4.90. The van der Waals surface area contributed by atoms with Crippen molar-refractivity contribution in [1.82, 2.24) is 0 Å². The first-order valence-corrected chi connectivity index (χ1v) is 11.3. The number of thioether (sulfide) groups is 2. The van der Waals surface area contributed by atoms with Crippen LogP contribution in [0.15, 0.2) is 32.7 Å². The van der Waals surface area contributed by atoms with E-state index in [4.69, 9.17) is 0 Å². The maximum Gasteiger partial charge on any atom is 0.212 e. The van der Waals surface area contributed by atoms with E-state index < -0.39 is 0 Å². The normalized spacial score (nSPS) is 11.0. The summed E-state index contributed by atoms with van der Waals surface area (Å²) in [4.78, 5) is 14.3. The van der Waals surface area contributed by atoms with E-state index in [-0.39, 0.29) is 5.78 Å². The molecule has 2 heterocycles. The zero-order chi connectivity index (χ0) is 15.8. The topological polar surface area (TPSA) is 17.1 Å². The molecule has 0 atom stereocenters. The summed E-state index contributed by atoms with van der Waals surface area (Å²) in [5, 5.41) is 0. The molecular weight excluding hydrogens is 348 g/mol. The van der Waals surface area contributed by atoms with Gasteiger partial charge in [0.2, 0.25) is 5.78 Å². The Morgan fingerprint density at radius 1 is 0.864 bits per heavy atom. The molecule has 0 fully saturated rings. The highest BCUT2D eigenvalue weighted by Gasteiger charge is 2.14. The molecule has 0 radical (unpaired) electrons. The standard InChI is InChI=1S/C17H22OS4/c1-3-5-11-19-15-9-7-13(21-15)17(18)14-8-10-16(22-14)20-12-6-4-2/h7-10H,3-6,11-12H2,1-2H3. The van der Waals surface area contributed by atoms with Gasteiger partial charge in [0, 0.05) is 0 Å². The van der Waals surface area contributed by atoms with Crippen molar-refractivity contribution < 1.29 is 4.79 Å². The molecule has 0 spiro atoms. The second-order valence-electron chi connectivity index (χ2n) is 4.97. The summed E-state index contributed by atoms with van der Waals surface area (Å²) in [5.41, 5.74) is 0. The molecule has 0 aromatic carbocycles. The fraction of sp³-hybridized carbons (Fsp3) is 0.471. The van der Waals surface area contributed by atoms with Crippen molar-refractivity contribution >= 4 is 52.0 Å². The lowest BCUT2D eigenvalue weighted by Gasteiger charge is -1.96. The first kappa shape index (κ1) is 18.1. The van der Waals surface area contributed by atoms with Crippen LogP contribution < -0.4 is 0 Å². The molecule has 0 N–H and O–H groups in total. The average Bonchev–Trinajstić information content (AvgIpc) is 3.17. The molecule has 22 heavy (non-hydrogen) atoms. The molecule has 120 valence electrons. The largest absolute Gasteiger partial charge is 0.287 e. The van der Waals surface area contributed by atoms with E-state index in [0.717, 1.165) is 21.3 Å². The van der Waals surface area contributed by atoms with Crippen LogP contribution in [0.3, 0.4) is 0 Å². The quantitative estimate of drug-likeness (QED) is 0.259. The number of hydrogen-bond donors (Lipinski definition) is 0. The van der Waals surface area contributed by atoms with Crippen LogP contribution in [0.4, 0.5) is 0 Å². The van der Waals surface area contributed by atoms with Gasteiger partial charge in [-0.25, -0.2) is 0 Å². The van der Waals surface area contributed by atoms with Gasteiger partial charge in [0.25, 0.3) is 0 Å². The van der Waals surface area contributed by atoms with Gasteiger partial charge in [-0.1, -0.05) is 26.7 Å². The Morgan fingerprint density at radius 2 is 1.32 bits per heavy atom.